The van der Waals surface area contributed by atoms with Gasteiger partial charge in [-0.1, -0.05) is 25.0 Å². The first kappa shape index (κ1) is 14.5. The Hall–Kier alpha value is -1.44. The van der Waals surface area contributed by atoms with E-state index in [1.165, 1.54) is 41.1 Å². The van der Waals surface area contributed by atoms with Crippen molar-refractivity contribution in [2.75, 3.05) is 5.32 Å². The van der Waals surface area contributed by atoms with Gasteiger partial charge in [-0.05, 0) is 31.0 Å². The van der Waals surface area contributed by atoms with Gasteiger partial charge in [-0.3, -0.25) is 0 Å². The lowest BCUT2D eigenvalue weighted by Gasteiger charge is -2.14. The fourth-order valence-corrected chi connectivity index (χ4v) is 4.72. The molecular weight excluding hydrogens is 296 g/mol. The molecule has 2 nitrogen and oxygen atoms in total. The summed E-state index contributed by atoms with van der Waals surface area (Å²) in [6.45, 7) is 0.786. The highest BCUT2D eigenvalue weighted by molar-refractivity contribution is 8.00. The highest BCUT2D eigenvalue weighted by Crippen LogP contribution is 2.38. The van der Waals surface area contributed by atoms with E-state index in [2.05, 4.69) is 35.7 Å². The number of nitrogens with one attached hydrogen (secondary N) is 1. The van der Waals surface area contributed by atoms with Crippen molar-refractivity contribution in [3.8, 4) is 6.07 Å². The van der Waals surface area contributed by atoms with Gasteiger partial charge in [-0.15, -0.1) is 23.1 Å². The Labute approximate surface area is 134 Å². The van der Waals surface area contributed by atoms with Gasteiger partial charge < -0.3 is 5.32 Å². The number of nitriles is 1. The molecule has 0 atom stereocenters. The van der Waals surface area contributed by atoms with Crippen LogP contribution in [0.3, 0.4) is 0 Å². The zero-order valence-corrected chi connectivity index (χ0v) is 13.5. The van der Waals surface area contributed by atoms with Crippen molar-refractivity contribution in [3.05, 3.63) is 46.2 Å². The molecule has 0 spiro atoms. The summed E-state index contributed by atoms with van der Waals surface area (Å²) in [6, 6.07) is 12.7. The minimum absolute atomic E-state index is 0.755. The molecule has 4 heteroatoms. The number of nitrogens with zero attached hydrogens (tertiary/aromatic N) is 1. The van der Waals surface area contributed by atoms with Crippen LogP contribution in [0.5, 0.6) is 0 Å². The van der Waals surface area contributed by atoms with Crippen LogP contribution in [0, 0.1) is 11.3 Å². The second-order valence-electron chi connectivity index (χ2n) is 5.29. The molecule has 108 valence electrons. The van der Waals surface area contributed by atoms with Crippen molar-refractivity contribution in [2.45, 2.75) is 42.4 Å². The topological polar surface area (TPSA) is 35.8 Å². The first-order chi connectivity index (χ1) is 10.3. The Morgan fingerprint density at radius 2 is 2.10 bits per heavy atom. The normalized spacial score (nSPS) is 15.0. The van der Waals surface area contributed by atoms with E-state index in [4.69, 9.17) is 5.26 Å². The van der Waals surface area contributed by atoms with Crippen molar-refractivity contribution >= 4 is 28.8 Å². The van der Waals surface area contributed by atoms with E-state index < -0.39 is 0 Å². The standard InChI is InChI=1S/C17H18N2S2/c18-10-13-9-15(20-12-13)11-19-16-7-3-4-8-17(16)21-14-5-1-2-6-14/h3-4,7-9,12,14,19H,1-2,5-6,11H2. The molecule has 3 rings (SSSR count). The molecule has 0 bridgehead atoms. The maximum absolute atomic E-state index is 8.87. The van der Waals surface area contributed by atoms with Crippen molar-refractivity contribution in [2.24, 2.45) is 0 Å². The molecule has 21 heavy (non-hydrogen) atoms. The summed E-state index contributed by atoms with van der Waals surface area (Å²) in [5.41, 5.74) is 1.96. The van der Waals surface area contributed by atoms with Crippen LogP contribution in [0.2, 0.25) is 0 Å². The van der Waals surface area contributed by atoms with Crippen LogP contribution in [0.1, 0.15) is 36.1 Å². The van der Waals surface area contributed by atoms with E-state index in [1.54, 1.807) is 11.3 Å². The Bertz CT molecular complexity index is 636. The van der Waals surface area contributed by atoms with E-state index >= 15 is 0 Å². The van der Waals surface area contributed by atoms with E-state index in [-0.39, 0.29) is 0 Å². The van der Waals surface area contributed by atoms with Crippen molar-refractivity contribution in [1.29, 1.82) is 5.26 Å². The smallest absolute Gasteiger partial charge is 0.100 e. The number of hydrogen-bond donors (Lipinski definition) is 1. The summed E-state index contributed by atoms with van der Waals surface area (Å²) in [5, 5.41) is 15.1. The minimum Gasteiger partial charge on any atom is -0.379 e. The van der Waals surface area contributed by atoms with Crippen molar-refractivity contribution in [1.82, 2.24) is 0 Å². The molecule has 1 N–H and O–H groups in total. The van der Waals surface area contributed by atoms with Gasteiger partial charge in [0, 0.05) is 32.6 Å². The lowest BCUT2D eigenvalue weighted by Crippen LogP contribution is -2.01. The molecule has 0 saturated heterocycles. The minimum atomic E-state index is 0.755. The lowest BCUT2D eigenvalue weighted by atomic mass is 10.3. The molecule has 1 aliphatic carbocycles. The number of benzene rings is 1. The highest BCUT2D eigenvalue weighted by Gasteiger charge is 2.17. The average Bonchev–Trinajstić information content (AvgIpc) is 3.17. The van der Waals surface area contributed by atoms with E-state index in [0.29, 0.717) is 0 Å². The summed E-state index contributed by atoms with van der Waals surface area (Å²) in [5.74, 6) is 0. The molecular formula is C17H18N2S2. The summed E-state index contributed by atoms with van der Waals surface area (Å²) in [6.07, 6.45) is 5.43. The van der Waals surface area contributed by atoms with Crippen LogP contribution in [-0.2, 0) is 6.54 Å². The van der Waals surface area contributed by atoms with E-state index in [0.717, 1.165) is 17.4 Å². The third-order valence-corrected chi connectivity index (χ3v) is 6.07. The number of thiophene rings is 1. The maximum Gasteiger partial charge on any atom is 0.100 e. The van der Waals surface area contributed by atoms with Crippen LogP contribution in [0.4, 0.5) is 5.69 Å². The Morgan fingerprint density at radius 1 is 1.29 bits per heavy atom. The largest absolute Gasteiger partial charge is 0.379 e. The predicted molar refractivity (Wildman–Crippen MR) is 90.9 cm³/mol. The summed E-state index contributed by atoms with van der Waals surface area (Å²) < 4.78 is 0. The van der Waals surface area contributed by atoms with Crippen LogP contribution in [0.15, 0.2) is 40.6 Å². The molecule has 0 unspecified atom stereocenters. The Balaban J connectivity index is 1.65. The second-order valence-corrected chi connectivity index (χ2v) is 7.63. The zero-order valence-electron chi connectivity index (χ0n) is 11.8. The molecule has 1 fully saturated rings. The number of para-hydroxylation sites is 1. The third-order valence-electron chi connectivity index (χ3n) is 3.72. The van der Waals surface area contributed by atoms with Gasteiger partial charge >= 0.3 is 0 Å². The number of anilines is 1. The van der Waals surface area contributed by atoms with Gasteiger partial charge in [-0.2, -0.15) is 5.26 Å². The second kappa shape index (κ2) is 7.02. The Kier molecular flexibility index (Phi) is 4.84. The lowest BCUT2D eigenvalue weighted by molar-refractivity contribution is 0.886. The molecule has 0 radical (unpaired) electrons. The molecule has 1 aliphatic rings. The van der Waals surface area contributed by atoms with Crippen molar-refractivity contribution < 1.29 is 0 Å². The average molecular weight is 314 g/mol. The van der Waals surface area contributed by atoms with Crippen LogP contribution < -0.4 is 5.32 Å². The van der Waals surface area contributed by atoms with Gasteiger partial charge in [0.1, 0.15) is 6.07 Å². The first-order valence-corrected chi connectivity index (χ1v) is 9.08. The van der Waals surface area contributed by atoms with Crippen LogP contribution in [-0.4, -0.2) is 5.25 Å². The zero-order chi connectivity index (χ0) is 14.5. The van der Waals surface area contributed by atoms with Crippen molar-refractivity contribution in [3.63, 3.8) is 0 Å². The summed E-state index contributed by atoms with van der Waals surface area (Å²) in [4.78, 5) is 2.55. The van der Waals surface area contributed by atoms with Gasteiger partial charge in [0.2, 0.25) is 0 Å². The number of rotatable bonds is 5. The van der Waals surface area contributed by atoms with Gasteiger partial charge in [0.05, 0.1) is 5.56 Å². The molecule has 0 aliphatic heterocycles. The Morgan fingerprint density at radius 3 is 2.86 bits per heavy atom. The monoisotopic (exact) mass is 314 g/mol. The van der Waals surface area contributed by atoms with Crippen LogP contribution in [0.25, 0.3) is 0 Å². The first-order valence-electron chi connectivity index (χ1n) is 7.32. The molecule has 2 aromatic rings. The summed E-state index contributed by atoms with van der Waals surface area (Å²) in [7, 11) is 0. The fraction of sp³-hybridized carbons (Fsp3) is 0.353. The highest BCUT2D eigenvalue weighted by atomic mass is 32.2. The van der Waals surface area contributed by atoms with E-state index in [1.807, 2.05) is 23.2 Å². The molecule has 0 amide bonds. The number of thioether (sulfide) groups is 1. The van der Waals surface area contributed by atoms with Gasteiger partial charge in [-0.25, -0.2) is 0 Å². The fourth-order valence-electron chi connectivity index (χ4n) is 2.62. The summed E-state index contributed by atoms with van der Waals surface area (Å²) >= 11 is 3.65. The quantitative estimate of drug-likeness (QED) is 0.817. The molecule has 1 saturated carbocycles. The maximum atomic E-state index is 8.87. The molecule has 1 aromatic heterocycles. The van der Waals surface area contributed by atoms with Gasteiger partial charge in [0.25, 0.3) is 0 Å². The molecule has 1 aromatic carbocycles. The SMILES string of the molecule is N#Cc1csc(CNc2ccccc2SC2CCCC2)c1. The third kappa shape index (κ3) is 3.81. The van der Waals surface area contributed by atoms with E-state index in [9.17, 15) is 0 Å². The predicted octanol–water partition coefficient (Wildman–Crippen LogP) is 5.27. The van der Waals surface area contributed by atoms with Crippen LogP contribution >= 0.6 is 23.1 Å². The van der Waals surface area contributed by atoms with Gasteiger partial charge in [0.15, 0.2) is 0 Å². The molecule has 1 heterocycles. The number of hydrogen-bond acceptors (Lipinski definition) is 4.